The second kappa shape index (κ2) is 5.65. The molecule has 0 bridgehead atoms. The van der Waals surface area contributed by atoms with E-state index in [0.717, 1.165) is 17.8 Å². The average molecular weight is 224 g/mol. The van der Waals surface area contributed by atoms with Gasteiger partial charge in [-0.05, 0) is 26.8 Å². The van der Waals surface area contributed by atoms with Crippen molar-refractivity contribution in [1.82, 2.24) is 15.5 Å². The number of H-pyrrole nitrogens is 1. The Hall–Kier alpha value is -1.36. The molecule has 0 spiro atoms. The van der Waals surface area contributed by atoms with E-state index in [9.17, 15) is 4.79 Å². The van der Waals surface area contributed by atoms with E-state index in [4.69, 9.17) is 5.73 Å². The summed E-state index contributed by atoms with van der Waals surface area (Å²) in [5, 5.41) is 9.90. The molecule has 1 aromatic heterocycles. The zero-order valence-electron chi connectivity index (χ0n) is 10.1. The number of amides is 1. The fourth-order valence-electron chi connectivity index (χ4n) is 1.57. The van der Waals surface area contributed by atoms with Gasteiger partial charge in [-0.3, -0.25) is 9.89 Å². The average Bonchev–Trinajstić information content (AvgIpc) is 2.48. The van der Waals surface area contributed by atoms with Crippen LogP contribution in [0.3, 0.4) is 0 Å². The molecule has 0 fully saturated rings. The molecular formula is C11H20N4O. The number of aromatic amines is 1. The third-order valence-electron chi connectivity index (χ3n) is 2.19. The molecule has 0 aliphatic heterocycles. The number of hydrogen-bond donors (Lipinski definition) is 3. The number of nitrogens with zero attached hydrogens (tertiary/aromatic N) is 1. The molecule has 0 aliphatic carbocycles. The molecule has 1 heterocycles. The van der Waals surface area contributed by atoms with E-state index >= 15 is 0 Å². The Kier molecular flexibility index (Phi) is 4.49. The van der Waals surface area contributed by atoms with E-state index < -0.39 is 0 Å². The minimum Gasteiger partial charge on any atom is -0.353 e. The molecule has 16 heavy (non-hydrogen) atoms. The minimum absolute atomic E-state index is 0.00485. The lowest BCUT2D eigenvalue weighted by atomic mass is 10.1. The highest BCUT2D eigenvalue weighted by atomic mass is 16.1. The van der Waals surface area contributed by atoms with E-state index in [2.05, 4.69) is 15.5 Å². The van der Waals surface area contributed by atoms with Gasteiger partial charge in [0.2, 0.25) is 5.91 Å². The molecule has 0 aromatic carbocycles. The van der Waals surface area contributed by atoms with Gasteiger partial charge in [0.05, 0.1) is 5.69 Å². The zero-order valence-corrected chi connectivity index (χ0v) is 10.1. The topological polar surface area (TPSA) is 83.8 Å². The van der Waals surface area contributed by atoms with Crippen LogP contribution >= 0.6 is 0 Å². The van der Waals surface area contributed by atoms with Crippen LogP contribution in [0.2, 0.25) is 0 Å². The lowest BCUT2D eigenvalue weighted by molar-refractivity contribution is -0.121. The maximum Gasteiger partial charge on any atom is 0.221 e. The summed E-state index contributed by atoms with van der Waals surface area (Å²) < 4.78 is 0. The molecule has 2 atom stereocenters. The highest BCUT2D eigenvalue weighted by Gasteiger charge is 2.10. The van der Waals surface area contributed by atoms with Crippen molar-refractivity contribution in [1.29, 1.82) is 0 Å². The Balaban J connectivity index is 2.35. The standard InChI is InChI=1S/C11H20N4O/c1-7(12)4-11(16)13-8(2)5-10-6-9(3)14-15-10/h6-8H,4-5,12H2,1-3H3,(H,13,16)(H,14,15). The number of nitrogens with two attached hydrogens (primary N) is 1. The van der Waals surface area contributed by atoms with Crippen LogP contribution in [0.15, 0.2) is 6.07 Å². The Morgan fingerprint density at radius 3 is 2.81 bits per heavy atom. The van der Waals surface area contributed by atoms with Crippen LogP contribution in [0, 0.1) is 6.92 Å². The zero-order chi connectivity index (χ0) is 12.1. The minimum atomic E-state index is -0.0974. The number of hydrogen-bond acceptors (Lipinski definition) is 3. The van der Waals surface area contributed by atoms with Crippen molar-refractivity contribution in [2.75, 3.05) is 0 Å². The largest absolute Gasteiger partial charge is 0.353 e. The quantitative estimate of drug-likeness (QED) is 0.681. The van der Waals surface area contributed by atoms with Crippen molar-refractivity contribution in [3.63, 3.8) is 0 Å². The molecule has 0 saturated heterocycles. The first-order valence-corrected chi connectivity index (χ1v) is 5.53. The summed E-state index contributed by atoms with van der Waals surface area (Å²) in [6, 6.07) is 1.96. The highest BCUT2D eigenvalue weighted by molar-refractivity contribution is 5.76. The Morgan fingerprint density at radius 2 is 2.31 bits per heavy atom. The third kappa shape index (κ3) is 4.44. The van der Waals surface area contributed by atoms with E-state index in [-0.39, 0.29) is 18.0 Å². The molecule has 90 valence electrons. The molecule has 5 heteroatoms. The van der Waals surface area contributed by atoms with Gasteiger partial charge in [0.15, 0.2) is 0 Å². The van der Waals surface area contributed by atoms with Gasteiger partial charge in [-0.2, -0.15) is 5.10 Å². The summed E-state index contributed by atoms with van der Waals surface area (Å²) in [4.78, 5) is 11.4. The second-order valence-electron chi connectivity index (χ2n) is 4.40. The van der Waals surface area contributed by atoms with Crippen LogP contribution in [0.4, 0.5) is 0 Å². The Bertz CT molecular complexity index is 346. The highest BCUT2D eigenvalue weighted by Crippen LogP contribution is 2.02. The summed E-state index contributed by atoms with van der Waals surface area (Å²) in [7, 11) is 0. The number of nitrogens with one attached hydrogen (secondary N) is 2. The molecule has 4 N–H and O–H groups in total. The van der Waals surface area contributed by atoms with Crippen LogP contribution in [-0.2, 0) is 11.2 Å². The molecule has 0 aliphatic rings. The van der Waals surface area contributed by atoms with Gasteiger partial charge in [-0.1, -0.05) is 0 Å². The maximum absolute atomic E-state index is 11.4. The number of rotatable bonds is 5. The smallest absolute Gasteiger partial charge is 0.221 e. The van der Waals surface area contributed by atoms with E-state index in [1.807, 2.05) is 26.8 Å². The summed E-state index contributed by atoms with van der Waals surface area (Å²) in [5.74, 6) is -0.00485. The molecule has 1 amide bonds. The van der Waals surface area contributed by atoms with Gasteiger partial charge < -0.3 is 11.1 Å². The first-order chi connectivity index (χ1) is 7.47. The normalized spacial score (nSPS) is 14.5. The second-order valence-corrected chi connectivity index (χ2v) is 4.40. The SMILES string of the molecule is Cc1cc(CC(C)NC(=O)CC(C)N)n[nH]1. The first-order valence-electron chi connectivity index (χ1n) is 5.53. The molecule has 0 radical (unpaired) electrons. The molecular weight excluding hydrogens is 204 g/mol. The van der Waals surface area contributed by atoms with Crippen LogP contribution in [0.5, 0.6) is 0 Å². The lowest BCUT2D eigenvalue weighted by Gasteiger charge is -2.13. The summed E-state index contributed by atoms with van der Waals surface area (Å²) in [6.45, 7) is 5.74. The van der Waals surface area contributed by atoms with Crippen LogP contribution in [0.1, 0.15) is 31.7 Å². The molecule has 1 rings (SSSR count). The Morgan fingerprint density at radius 1 is 1.62 bits per heavy atom. The van der Waals surface area contributed by atoms with Gasteiger partial charge in [-0.15, -0.1) is 0 Å². The molecule has 0 saturated carbocycles. The summed E-state index contributed by atoms with van der Waals surface area (Å²) in [5.41, 5.74) is 7.54. The molecule has 2 unspecified atom stereocenters. The predicted molar refractivity (Wildman–Crippen MR) is 62.9 cm³/mol. The maximum atomic E-state index is 11.4. The fraction of sp³-hybridized carbons (Fsp3) is 0.636. The van der Waals surface area contributed by atoms with Crippen molar-refractivity contribution < 1.29 is 4.79 Å². The van der Waals surface area contributed by atoms with E-state index in [0.29, 0.717) is 6.42 Å². The van der Waals surface area contributed by atoms with Crippen LogP contribution in [-0.4, -0.2) is 28.2 Å². The number of carbonyl (C=O) groups is 1. The number of aromatic nitrogens is 2. The van der Waals surface area contributed by atoms with Gasteiger partial charge in [-0.25, -0.2) is 0 Å². The summed E-state index contributed by atoms with van der Waals surface area (Å²) in [6.07, 6.45) is 1.10. The van der Waals surface area contributed by atoms with Gasteiger partial charge in [0, 0.05) is 30.6 Å². The van der Waals surface area contributed by atoms with Crippen LogP contribution < -0.4 is 11.1 Å². The first kappa shape index (κ1) is 12.7. The van der Waals surface area contributed by atoms with Crippen LogP contribution in [0.25, 0.3) is 0 Å². The number of carbonyl (C=O) groups excluding carboxylic acids is 1. The summed E-state index contributed by atoms with van der Waals surface area (Å²) >= 11 is 0. The lowest BCUT2D eigenvalue weighted by Crippen LogP contribution is -2.37. The van der Waals surface area contributed by atoms with E-state index in [1.54, 1.807) is 0 Å². The van der Waals surface area contributed by atoms with Gasteiger partial charge in [0.25, 0.3) is 0 Å². The molecule has 1 aromatic rings. The predicted octanol–water partition coefficient (Wildman–Crippen LogP) is 0.503. The fourth-order valence-corrected chi connectivity index (χ4v) is 1.57. The number of aryl methyl sites for hydroxylation is 1. The van der Waals surface area contributed by atoms with Gasteiger partial charge >= 0.3 is 0 Å². The third-order valence-corrected chi connectivity index (χ3v) is 2.19. The van der Waals surface area contributed by atoms with Crippen molar-refractivity contribution in [2.24, 2.45) is 5.73 Å². The van der Waals surface area contributed by atoms with E-state index in [1.165, 1.54) is 0 Å². The molecule has 5 nitrogen and oxygen atoms in total. The van der Waals surface area contributed by atoms with Crippen molar-refractivity contribution in [3.8, 4) is 0 Å². The van der Waals surface area contributed by atoms with Crippen molar-refractivity contribution in [3.05, 3.63) is 17.5 Å². The van der Waals surface area contributed by atoms with Gasteiger partial charge in [0.1, 0.15) is 0 Å². The van der Waals surface area contributed by atoms with Crippen molar-refractivity contribution in [2.45, 2.75) is 45.7 Å². The van der Waals surface area contributed by atoms with Crippen molar-refractivity contribution >= 4 is 5.91 Å². The Labute approximate surface area is 95.8 Å². The monoisotopic (exact) mass is 224 g/mol.